The largest absolute Gasteiger partial charge is 0.379 e. The van der Waals surface area contributed by atoms with Crippen LogP contribution >= 0.6 is 0 Å². The maximum absolute atomic E-state index is 13.2. The van der Waals surface area contributed by atoms with Gasteiger partial charge in [-0.25, -0.2) is 13.8 Å². The van der Waals surface area contributed by atoms with Crippen LogP contribution in [-0.2, 0) is 0 Å². The van der Waals surface area contributed by atoms with Gasteiger partial charge in [-0.05, 0) is 34.9 Å². The number of nitrogens with zero attached hydrogens (tertiary/aromatic N) is 4. The molecule has 0 radical (unpaired) electrons. The number of aromatic nitrogens is 2. The second-order valence-electron chi connectivity index (χ2n) is 5.57. The van der Waals surface area contributed by atoms with Crippen LogP contribution in [0.1, 0.15) is 16.9 Å². The summed E-state index contributed by atoms with van der Waals surface area (Å²) >= 11 is 0. The van der Waals surface area contributed by atoms with Crippen LogP contribution in [0.15, 0.2) is 28.9 Å². The minimum Gasteiger partial charge on any atom is -0.379 e. The molecule has 132 valence electrons. The first-order valence-electron chi connectivity index (χ1n) is 7.73. The summed E-state index contributed by atoms with van der Waals surface area (Å²) in [4.78, 5) is 27.8. The predicted molar refractivity (Wildman–Crippen MR) is 86.2 cm³/mol. The molecule has 9 nitrogen and oxygen atoms in total. The Balaban J connectivity index is 1.60. The van der Waals surface area contributed by atoms with Gasteiger partial charge in [0.05, 0.1) is 0 Å². The average molecular weight is 348 g/mol. The fourth-order valence-corrected chi connectivity index (χ4v) is 2.59. The number of halogens is 1. The fourth-order valence-electron chi connectivity index (χ4n) is 2.59. The Labute approximate surface area is 142 Å². The molecule has 1 aliphatic heterocycles. The highest BCUT2D eigenvalue weighted by Gasteiger charge is 2.26. The highest BCUT2D eigenvalue weighted by Crippen LogP contribution is 2.14. The molecule has 1 saturated heterocycles. The first-order chi connectivity index (χ1) is 12.0. The number of amides is 3. The Morgan fingerprint density at radius 2 is 1.92 bits per heavy atom. The number of nitrogens with one attached hydrogen (secondary N) is 1. The van der Waals surface area contributed by atoms with E-state index in [2.05, 4.69) is 20.3 Å². The molecule has 0 bridgehead atoms. The molecule has 1 aliphatic rings. The quantitative estimate of drug-likeness (QED) is 0.841. The standard InChI is InChI=1S/C15H17FN6O3/c16-10-3-1-4-11(9-10)18-15(24)22-6-2-5-21(7-8-22)14(23)12-13(17)20-25-19-12/h1,3-4,9H,2,5-8H2,(H2,17,20)(H,18,24). The van der Waals surface area contributed by atoms with Crippen LogP contribution in [0.5, 0.6) is 0 Å². The van der Waals surface area contributed by atoms with Crippen LogP contribution in [0.2, 0.25) is 0 Å². The molecule has 2 heterocycles. The van der Waals surface area contributed by atoms with E-state index in [1.807, 2.05) is 0 Å². The average Bonchev–Trinajstić information content (AvgIpc) is 2.86. The molecule has 1 aromatic heterocycles. The zero-order chi connectivity index (χ0) is 17.8. The van der Waals surface area contributed by atoms with Gasteiger partial charge < -0.3 is 20.9 Å². The van der Waals surface area contributed by atoms with E-state index in [1.165, 1.54) is 18.2 Å². The third-order valence-corrected chi connectivity index (χ3v) is 3.86. The van der Waals surface area contributed by atoms with E-state index >= 15 is 0 Å². The maximum atomic E-state index is 13.2. The van der Waals surface area contributed by atoms with Crippen molar-refractivity contribution in [2.45, 2.75) is 6.42 Å². The van der Waals surface area contributed by atoms with Crippen LogP contribution in [0, 0.1) is 5.82 Å². The van der Waals surface area contributed by atoms with E-state index in [9.17, 15) is 14.0 Å². The summed E-state index contributed by atoms with van der Waals surface area (Å²) in [6.45, 7) is 1.58. The third kappa shape index (κ3) is 3.84. The number of anilines is 2. The van der Waals surface area contributed by atoms with Gasteiger partial charge in [-0.1, -0.05) is 6.07 Å². The lowest BCUT2D eigenvalue weighted by molar-refractivity contribution is 0.0752. The van der Waals surface area contributed by atoms with Crippen molar-refractivity contribution in [1.82, 2.24) is 20.1 Å². The second kappa shape index (κ2) is 7.16. The molecule has 25 heavy (non-hydrogen) atoms. The van der Waals surface area contributed by atoms with E-state index < -0.39 is 5.82 Å². The Morgan fingerprint density at radius 3 is 2.64 bits per heavy atom. The minimum absolute atomic E-state index is 0.0299. The summed E-state index contributed by atoms with van der Waals surface area (Å²) < 4.78 is 17.6. The number of benzene rings is 1. The molecule has 10 heteroatoms. The van der Waals surface area contributed by atoms with Crippen molar-refractivity contribution >= 4 is 23.4 Å². The van der Waals surface area contributed by atoms with Gasteiger partial charge in [0.25, 0.3) is 5.91 Å². The lowest BCUT2D eigenvalue weighted by Gasteiger charge is -2.22. The molecule has 1 aromatic carbocycles. The van der Waals surface area contributed by atoms with Crippen molar-refractivity contribution in [3.63, 3.8) is 0 Å². The SMILES string of the molecule is Nc1nonc1C(=O)N1CCCN(C(=O)Nc2cccc(F)c2)CC1. The minimum atomic E-state index is -0.427. The normalized spacial score (nSPS) is 14.9. The number of carbonyl (C=O) groups excluding carboxylic acids is 2. The highest BCUT2D eigenvalue weighted by atomic mass is 19.1. The van der Waals surface area contributed by atoms with Crippen LogP contribution in [0.25, 0.3) is 0 Å². The van der Waals surface area contributed by atoms with Crippen molar-refractivity contribution in [3.8, 4) is 0 Å². The molecular formula is C15H17FN6O3. The predicted octanol–water partition coefficient (Wildman–Crippen LogP) is 1.17. The van der Waals surface area contributed by atoms with Crippen LogP contribution in [0.4, 0.5) is 20.7 Å². The molecule has 1 fully saturated rings. The molecule has 3 rings (SSSR count). The van der Waals surface area contributed by atoms with Gasteiger partial charge in [0.1, 0.15) is 5.82 Å². The van der Waals surface area contributed by atoms with Gasteiger partial charge in [0, 0.05) is 31.9 Å². The summed E-state index contributed by atoms with van der Waals surface area (Å²) in [5.41, 5.74) is 5.89. The molecule has 0 atom stereocenters. The number of rotatable bonds is 2. The summed E-state index contributed by atoms with van der Waals surface area (Å²) in [6.07, 6.45) is 0.591. The summed E-state index contributed by atoms with van der Waals surface area (Å²) in [6, 6.07) is 5.32. The first-order valence-corrected chi connectivity index (χ1v) is 7.73. The number of hydrogen-bond donors (Lipinski definition) is 2. The molecule has 0 aliphatic carbocycles. The van der Waals surface area contributed by atoms with Crippen LogP contribution < -0.4 is 11.1 Å². The summed E-state index contributed by atoms with van der Waals surface area (Å²) in [5, 5.41) is 9.55. The van der Waals surface area contributed by atoms with E-state index in [0.29, 0.717) is 38.3 Å². The first kappa shape index (κ1) is 16.7. The third-order valence-electron chi connectivity index (χ3n) is 3.86. The maximum Gasteiger partial charge on any atom is 0.321 e. The molecule has 0 spiro atoms. The lowest BCUT2D eigenvalue weighted by atomic mass is 10.3. The van der Waals surface area contributed by atoms with Gasteiger partial charge in [0.15, 0.2) is 0 Å². The van der Waals surface area contributed by atoms with Gasteiger partial charge >= 0.3 is 6.03 Å². The second-order valence-corrected chi connectivity index (χ2v) is 5.57. The number of urea groups is 1. The number of nitrogen functional groups attached to an aromatic ring is 1. The zero-order valence-electron chi connectivity index (χ0n) is 13.3. The van der Waals surface area contributed by atoms with Gasteiger partial charge in [0.2, 0.25) is 11.5 Å². The summed E-state index contributed by atoms with van der Waals surface area (Å²) in [7, 11) is 0. The molecule has 2 aromatic rings. The molecule has 0 unspecified atom stereocenters. The molecule has 3 amide bonds. The molecule has 3 N–H and O–H groups in total. The highest BCUT2D eigenvalue weighted by molar-refractivity contribution is 5.96. The summed E-state index contributed by atoms with van der Waals surface area (Å²) in [5.74, 6) is -0.870. The van der Waals surface area contributed by atoms with Gasteiger partial charge in [-0.3, -0.25) is 4.79 Å². The van der Waals surface area contributed by atoms with Gasteiger partial charge in [-0.15, -0.1) is 0 Å². The lowest BCUT2D eigenvalue weighted by Crippen LogP contribution is -2.39. The van der Waals surface area contributed by atoms with Crippen molar-refractivity contribution in [1.29, 1.82) is 0 Å². The molecule has 0 saturated carbocycles. The van der Waals surface area contributed by atoms with Crippen molar-refractivity contribution in [3.05, 3.63) is 35.8 Å². The van der Waals surface area contributed by atoms with E-state index in [4.69, 9.17) is 5.73 Å². The van der Waals surface area contributed by atoms with E-state index in [1.54, 1.807) is 15.9 Å². The fraction of sp³-hybridized carbons (Fsp3) is 0.333. The van der Waals surface area contributed by atoms with Crippen LogP contribution in [-0.4, -0.2) is 58.2 Å². The van der Waals surface area contributed by atoms with Crippen molar-refractivity contribution < 1.29 is 18.6 Å². The van der Waals surface area contributed by atoms with Crippen molar-refractivity contribution in [2.75, 3.05) is 37.2 Å². The van der Waals surface area contributed by atoms with Crippen molar-refractivity contribution in [2.24, 2.45) is 0 Å². The number of carbonyl (C=O) groups is 2. The molecular weight excluding hydrogens is 331 g/mol. The Morgan fingerprint density at radius 1 is 1.16 bits per heavy atom. The monoisotopic (exact) mass is 348 g/mol. The smallest absolute Gasteiger partial charge is 0.321 e. The zero-order valence-corrected chi connectivity index (χ0v) is 13.3. The number of nitrogens with two attached hydrogens (primary N) is 1. The van der Waals surface area contributed by atoms with Gasteiger partial charge in [-0.2, -0.15) is 0 Å². The number of hydrogen-bond acceptors (Lipinski definition) is 6. The van der Waals surface area contributed by atoms with Crippen LogP contribution in [0.3, 0.4) is 0 Å². The van der Waals surface area contributed by atoms with E-state index in [0.717, 1.165) is 0 Å². The Hall–Kier alpha value is -3.17. The topological polar surface area (TPSA) is 118 Å². The Kier molecular flexibility index (Phi) is 4.78. The Bertz CT molecular complexity index is 780. The van der Waals surface area contributed by atoms with E-state index in [-0.39, 0.29) is 23.5 Å².